The molecule has 0 aromatic heterocycles. The zero-order chi connectivity index (χ0) is 11.6. The fraction of sp³-hybridized carbons (Fsp3) is 0.538. The summed E-state index contributed by atoms with van der Waals surface area (Å²) in [5, 5.41) is 2.88. The number of fused-ring (bicyclic) bond motifs is 1. The van der Waals surface area contributed by atoms with Crippen LogP contribution in [0.5, 0.6) is 0 Å². The van der Waals surface area contributed by atoms with Gasteiger partial charge in [0.15, 0.2) is 0 Å². The summed E-state index contributed by atoms with van der Waals surface area (Å²) in [5.41, 5.74) is 1.91. The van der Waals surface area contributed by atoms with Crippen LogP contribution in [0, 0.1) is 5.41 Å². The number of rotatable bonds is 4. The summed E-state index contributed by atoms with van der Waals surface area (Å²) in [7, 11) is 0. The van der Waals surface area contributed by atoms with Crippen molar-refractivity contribution in [3.05, 3.63) is 29.8 Å². The second-order valence-corrected chi connectivity index (χ2v) is 7.30. The molecule has 0 radical (unpaired) electrons. The van der Waals surface area contributed by atoms with Crippen molar-refractivity contribution in [2.45, 2.75) is 29.9 Å². The summed E-state index contributed by atoms with van der Waals surface area (Å²) in [6, 6.07) is 8.81. The Labute approximate surface area is 119 Å². The molecule has 1 aromatic rings. The van der Waals surface area contributed by atoms with E-state index in [-0.39, 0.29) is 0 Å². The van der Waals surface area contributed by atoms with Crippen molar-refractivity contribution in [2.75, 3.05) is 10.7 Å². The lowest BCUT2D eigenvalue weighted by atomic mass is 9.88. The number of alkyl halides is 2. The third-order valence-corrected chi connectivity index (χ3v) is 7.11. The largest absolute Gasteiger partial charge is 0.122 e. The smallest absolute Gasteiger partial charge is 0.0141 e. The lowest BCUT2D eigenvalue weighted by molar-refractivity contribution is 0.397. The van der Waals surface area contributed by atoms with Crippen LogP contribution >= 0.6 is 43.6 Å². The molecular formula is C13H16Br2S. The van der Waals surface area contributed by atoms with Crippen molar-refractivity contribution in [1.29, 1.82) is 0 Å². The Bertz CT molecular complexity index is 336. The topological polar surface area (TPSA) is 0 Å². The van der Waals surface area contributed by atoms with Crippen LogP contribution in [0.15, 0.2) is 29.2 Å². The van der Waals surface area contributed by atoms with Crippen LogP contribution in [0.1, 0.15) is 18.9 Å². The van der Waals surface area contributed by atoms with Crippen molar-refractivity contribution >= 4 is 43.6 Å². The van der Waals surface area contributed by atoms with E-state index in [1.54, 1.807) is 0 Å². The van der Waals surface area contributed by atoms with Crippen LogP contribution in [0.4, 0.5) is 0 Å². The van der Waals surface area contributed by atoms with E-state index in [4.69, 9.17) is 0 Å². The number of hydrogen-bond donors (Lipinski definition) is 0. The molecule has 2 rings (SSSR count). The highest BCUT2D eigenvalue weighted by atomic mass is 79.9. The maximum Gasteiger partial charge on any atom is 0.0141 e. The molecule has 1 aliphatic rings. The molecule has 3 heteroatoms. The Balaban J connectivity index is 2.02. The predicted molar refractivity (Wildman–Crippen MR) is 80.1 cm³/mol. The van der Waals surface area contributed by atoms with Crippen LogP contribution < -0.4 is 0 Å². The molecule has 1 heterocycles. The molecule has 0 bridgehead atoms. The Morgan fingerprint density at radius 1 is 1.31 bits per heavy atom. The average Bonchev–Trinajstić information content (AvgIpc) is 2.70. The van der Waals surface area contributed by atoms with Crippen molar-refractivity contribution in [1.82, 2.24) is 0 Å². The van der Waals surface area contributed by atoms with E-state index in [1.807, 2.05) is 0 Å². The standard InChI is InChI=1S/C13H16Br2S/c1-13(8-14,9-15)7-11-6-10-4-2-3-5-12(10)16-11/h2-5,11H,6-9H2,1H3. The summed E-state index contributed by atoms with van der Waals surface area (Å²) in [6.07, 6.45) is 2.50. The van der Waals surface area contributed by atoms with Crippen molar-refractivity contribution in [2.24, 2.45) is 5.41 Å². The first kappa shape index (κ1) is 13.0. The maximum absolute atomic E-state index is 3.64. The second kappa shape index (κ2) is 5.45. The summed E-state index contributed by atoms with van der Waals surface area (Å²) >= 11 is 9.32. The van der Waals surface area contributed by atoms with Crippen molar-refractivity contribution in [3.63, 3.8) is 0 Å². The lowest BCUT2D eigenvalue weighted by Gasteiger charge is -2.27. The SMILES string of the molecule is CC(CBr)(CBr)CC1Cc2ccccc2S1. The predicted octanol–water partition coefficient (Wildman–Crippen LogP) is 4.89. The minimum atomic E-state index is 0.375. The molecule has 1 unspecified atom stereocenters. The van der Waals surface area contributed by atoms with E-state index in [1.165, 1.54) is 23.3 Å². The van der Waals surface area contributed by atoms with Crippen LogP contribution in [-0.2, 0) is 6.42 Å². The highest BCUT2D eigenvalue weighted by Gasteiger charge is 2.30. The Morgan fingerprint density at radius 2 is 2.00 bits per heavy atom. The third kappa shape index (κ3) is 2.85. The van der Waals surface area contributed by atoms with Crippen LogP contribution in [0.2, 0.25) is 0 Å². The zero-order valence-corrected chi connectivity index (χ0v) is 13.4. The van der Waals surface area contributed by atoms with Crippen molar-refractivity contribution in [3.8, 4) is 0 Å². The first-order valence-electron chi connectivity index (χ1n) is 5.53. The highest BCUT2D eigenvalue weighted by Crippen LogP contribution is 2.42. The van der Waals surface area contributed by atoms with Gasteiger partial charge in [0.05, 0.1) is 0 Å². The van der Waals surface area contributed by atoms with Gasteiger partial charge in [-0.15, -0.1) is 11.8 Å². The molecule has 88 valence electrons. The van der Waals surface area contributed by atoms with E-state index in [2.05, 4.69) is 74.8 Å². The van der Waals surface area contributed by atoms with Gasteiger partial charge in [-0.3, -0.25) is 0 Å². The van der Waals surface area contributed by atoms with Gasteiger partial charge >= 0.3 is 0 Å². The molecule has 0 N–H and O–H groups in total. The molecule has 0 saturated carbocycles. The number of halogens is 2. The molecule has 0 nitrogen and oxygen atoms in total. The Morgan fingerprint density at radius 3 is 2.62 bits per heavy atom. The van der Waals surface area contributed by atoms with E-state index in [0.717, 1.165) is 15.9 Å². The quantitative estimate of drug-likeness (QED) is 0.686. The van der Waals surface area contributed by atoms with Gasteiger partial charge in [-0.25, -0.2) is 0 Å². The van der Waals surface area contributed by atoms with Gasteiger partial charge in [0.1, 0.15) is 0 Å². The summed E-state index contributed by atoms with van der Waals surface area (Å²) < 4.78 is 0. The zero-order valence-electron chi connectivity index (χ0n) is 9.38. The molecule has 0 spiro atoms. The minimum Gasteiger partial charge on any atom is -0.122 e. The molecule has 0 amide bonds. The molecule has 0 fully saturated rings. The Hall–Kier alpha value is 0.530. The van der Waals surface area contributed by atoms with Gasteiger partial charge in [-0.1, -0.05) is 57.0 Å². The monoisotopic (exact) mass is 362 g/mol. The van der Waals surface area contributed by atoms with Crippen LogP contribution in [-0.4, -0.2) is 15.9 Å². The average molecular weight is 364 g/mol. The number of thioether (sulfide) groups is 1. The molecular weight excluding hydrogens is 348 g/mol. The van der Waals surface area contributed by atoms with Gasteiger partial charge in [-0.05, 0) is 29.9 Å². The molecule has 1 atom stereocenters. The second-order valence-electron chi connectivity index (χ2n) is 4.83. The van der Waals surface area contributed by atoms with E-state index >= 15 is 0 Å². The van der Waals surface area contributed by atoms with Gasteiger partial charge in [0, 0.05) is 20.8 Å². The van der Waals surface area contributed by atoms with Crippen LogP contribution in [0.3, 0.4) is 0 Å². The molecule has 1 aromatic carbocycles. The first-order chi connectivity index (χ1) is 7.67. The van der Waals surface area contributed by atoms with E-state index in [9.17, 15) is 0 Å². The van der Waals surface area contributed by atoms with Gasteiger partial charge in [-0.2, -0.15) is 0 Å². The van der Waals surface area contributed by atoms with E-state index in [0.29, 0.717) is 5.41 Å². The van der Waals surface area contributed by atoms with Crippen molar-refractivity contribution < 1.29 is 0 Å². The molecule has 16 heavy (non-hydrogen) atoms. The summed E-state index contributed by atoms with van der Waals surface area (Å²) in [5.74, 6) is 0. The summed E-state index contributed by atoms with van der Waals surface area (Å²) in [6.45, 7) is 2.35. The minimum absolute atomic E-state index is 0.375. The Kier molecular flexibility index (Phi) is 4.42. The maximum atomic E-state index is 3.64. The van der Waals surface area contributed by atoms with E-state index < -0.39 is 0 Å². The third-order valence-electron chi connectivity index (χ3n) is 3.08. The number of hydrogen-bond acceptors (Lipinski definition) is 1. The van der Waals surface area contributed by atoms with Crippen LogP contribution in [0.25, 0.3) is 0 Å². The fourth-order valence-electron chi connectivity index (χ4n) is 2.06. The van der Waals surface area contributed by atoms with Gasteiger partial charge in [0.25, 0.3) is 0 Å². The normalized spacial score (nSPS) is 19.8. The van der Waals surface area contributed by atoms with Gasteiger partial charge in [0.2, 0.25) is 0 Å². The first-order valence-corrected chi connectivity index (χ1v) is 8.65. The highest BCUT2D eigenvalue weighted by molar-refractivity contribution is 9.09. The van der Waals surface area contributed by atoms with Gasteiger partial charge < -0.3 is 0 Å². The molecule has 1 aliphatic heterocycles. The summed E-state index contributed by atoms with van der Waals surface area (Å²) in [4.78, 5) is 1.49. The number of benzene rings is 1. The lowest BCUT2D eigenvalue weighted by Crippen LogP contribution is -2.25. The molecule has 0 saturated heterocycles. The fourth-order valence-corrected chi connectivity index (χ4v) is 5.02. The molecule has 0 aliphatic carbocycles.